The van der Waals surface area contributed by atoms with Crippen molar-refractivity contribution in [3.05, 3.63) is 65.4 Å². The van der Waals surface area contributed by atoms with E-state index in [1.807, 2.05) is 30.3 Å². The Balaban J connectivity index is 1.68. The van der Waals surface area contributed by atoms with Crippen molar-refractivity contribution in [2.75, 3.05) is 0 Å². The van der Waals surface area contributed by atoms with Gasteiger partial charge in [0.05, 0.1) is 11.4 Å². The molecule has 3 aromatic rings. The highest BCUT2D eigenvalue weighted by Gasteiger charge is 2.10. The molecule has 0 radical (unpaired) electrons. The van der Waals surface area contributed by atoms with Crippen LogP contribution in [0.25, 0.3) is 11.0 Å². The fourth-order valence-corrected chi connectivity index (χ4v) is 2.31. The lowest BCUT2D eigenvalue weighted by molar-refractivity contribution is -0.143. The van der Waals surface area contributed by atoms with E-state index in [1.165, 1.54) is 4.73 Å². The molecule has 0 unspecified atom stereocenters. The van der Waals surface area contributed by atoms with Gasteiger partial charge in [-0.1, -0.05) is 41.9 Å². The van der Waals surface area contributed by atoms with E-state index in [2.05, 4.69) is 4.98 Å². The molecule has 106 valence electrons. The molecule has 5 heteroatoms. The van der Waals surface area contributed by atoms with Gasteiger partial charge in [-0.25, -0.2) is 9.78 Å². The highest BCUT2D eigenvalue weighted by molar-refractivity contribution is 6.35. The van der Waals surface area contributed by atoms with Crippen LogP contribution in [0.1, 0.15) is 12.0 Å². The second kappa shape index (κ2) is 5.97. The van der Waals surface area contributed by atoms with Crippen molar-refractivity contribution in [2.45, 2.75) is 12.8 Å². The van der Waals surface area contributed by atoms with Gasteiger partial charge < -0.3 is 4.84 Å². The number of halogens is 1. The molecule has 0 aliphatic carbocycles. The number of carbonyl (C=O) groups excluding carboxylic acids is 1. The molecule has 21 heavy (non-hydrogen) atoms. The fraction of sp³-hybridized carbons (Fsp3) is 0.125. The van der Waals surface area contributed by atoms with Crippen LogP contribution in [0.5, 0.6) is 0 Å². The minimum absolute atomic E-state index is 0.307. The van der Waals surface area contributed by atoms with Gasteiger partial charge in [0.2, 0.25) is 0 Å². The molecule has 0 aliphatic heterocycles. The Hall–Kier alpha value is -2.33. The largest absolute Gasteiger partial charge is 0.335 e. The third-order valence-electron chi connectivity index (χ3n) is 3.16. The molecule has 2 heterocycles. The van der Waals surface area contributed by atoms with Gasteiger partial charge in [0, 0.05) is 17.8 Å². The molecule has 0 aliphatic rings. The second-order valence-electron chi connectivity index (χ2n) is 4.62. The standard InChI is InChI=1S/C16H13ClN2O2/c17-14-8-10-18-16-13(14)9-11-19(16)21-15(20)7-6-12-4-2-1-3-5-12/h1-5,8-11H,6-7H2. The molecule has 0 amide bonds. The molecule has 0 fully saturated rings. The van der Waals surface area contributed by atoms with E-state index in [4.69, 9.17) is 16.4 Å². The van der Waals surface area contributed by atoms with Crippen molar-refractivity contribution >= 4 is 28.6 Å². The Morgan fingerprint density at radius 3 is 2.81 bits per heavy atom. The van der Waals surface area contributed by atoms with Crippen LogP contribution in [-0.2, 0) is 11.2 Å². The predicted molar refractivity (Wildman–Crippen MR) is 81.1 cm³/mol. The van der Waals surface area contributed by atoms with Crippen LogP contribution in [0.4, 0.5) is 0 Å². The Kier molecular flexibility index (Phi) is 3.88. The van der Waals surface area contributed by atoms with Crippen LogP contribution in [0.2, 0.25) is 5.02 Å². The van der Waals surface area contributed by atoms with Crippen molar-refractivity contribution in [1.29, 1.82) is 0 Å². The molecule has 0 spiro atoms. The molecule has 1 aromatic carbocycles. The number of pyridine rings is 1. The molecule has 0 atom stereocenters. The van der Waals surface area contributed by atoms with Crippen LogP contribution < -0.4 is 4.84 Å². The number of carbonyl (C=O) groups is 1. The first-order valence-electron chi connectivity index (χ1n) is 6.61. The SMILES string of the molecule is O=C(CCc1ccccc1)On1ccc2c(Cl)ccnc21. The Bertz CT molecular complexity index is 768. The normalized spacial score (nSPS) is 10.7. The zero-order chi connectivity index (χ0) is 14.7. The second-order valence-corrected chi connectivity index (χ2v) is 5.03. The van der Waals surface area contributed by atoms with E-state index >= 15 is 0 Å². The highest BCUT2D eigenvalue weighted by atomic mass is 35.5. The van der Waals surface area contributed by atoms with Gasteiger partial charge in [-0.3, -0.25) is 0 Å². The summed E-state index contributed by atoms with van der Waals surface area (Å²) in [6, 6.07) is 13.3. The van der Waals surface area contributed by atoms with Crippen molar-refractivity contribution in [1.82, 2.24) is 9.71 Å². The minimum Gasteiger partial charge on any atom is -0.335 e. The first-order valence-corrected chi connectivity index (χ1v) is 6.98. The van der Waals surface area contributed by atoms with Crippen LogP contribution in [0, 0.1) is 0 Å². The van der Waals surface area contributed by atoms with Crippen LogP contribution in [-0.4, -0.2) is 15.7 Å². The molecular formula is C16H13ClN2O2. The number of benzene rings is 1. The summed E-state index contributed by atoms with van der Waals surface area (Å²) in [4.78, 5) is 21.4. The summed E-state index contributed by atoms with van der Waals surface area (Å²) >= 11 is 6.05. The molecule has 3 rings (SSSR count). The molecule has 0 N–H and O–H groups in total. The van der Waals surface area contributed by atoms with Crippen molar-refractivity contribution < 1.29 is 9.63 Å². The monoisotopic (exact) mass is 300 g/mol. The smallest absolute Gasteiger partial charge is 0.333 e. The first kappa shape index (κ1) is 13.6. The van der Waals surface area contributed by atoms with Gasteiger partial charge in [0.25, 0.3) is 0 Å². The van der Waals surface area contributed by atoms with E-state index in [-0.39, 0.29) is 5.97 Å². The van der Waals surface area contributed by atoms with Crippen molar-refractivity contribution in [2.24, 2.45) is 0 Å². The molecule has 0 saturated carbocycles. The summed E-state index contributed by atoms with van der Waals surface area (Å²) in [5.41, 5.74) is 1.64. The summed E-state index contributed by atoms with van der Waals surface area (Å²) in [5, 5.41) is 1.34. The fourth-order valence-electron chi connectivity index (χ4n) is 2.10. The van der Waals surface area contributed by atoms with Crippen LogP contribution in [0.15, 0.2) is 54.9 Å². The van der Waals surface area contributed by atoms with Crippen LogP contribution in [0.3, 0.4) is 0 Å². The summed E-state index contributed by atoms with van der Waals surface area (Å²) in [7, 11) is 0. The predicted octanol–water partition coefficient (Wildman–Crippen LogP) is 3.28. The molecule has 0 bridgehead atoms. The van der Waals surface area contributed by atoms with E-state index in [0.29, 0.717) is 23.5 Å². The zero-order valence-corrected chi connectivity index (χ0v) is 12.0. The first-order chi connectivity index (χ1) is 10.2. The third kappa shape index (κ3) is 3.06. The lowest BCUT2D eigenvalue weighted by atomic mass is 10.1. The zero-order valence-electron chi connectivity index (χ0n) is 11.2. The number of fused-ring (bicyclic) bond motifs is 1. The average Bonchev–Trinajstić information content (AvgIpc) is 2.91. The van der Waals surface area contributed by atoms with Crippen LogP contribution >= 0.6 is 11.6 Å². The number of aromatic nitrogens is 2. The molecular weight excluding hydrogens is 288 g/mol. The van der Waals surface area contributed by atoms with E-state index in [1.54, 1.807) is 24.5 Å². The number of hydrogen-bond donors (Lipinski definition) is 0. The molecule has 4 nitrogen and oxygen atoms in total. The van der Waals surface area contributed by atoms with Crippen molar-refractivity contribution in [3.63, 3.8) is 0 Å². The number of nitrogens with zero attached hydrogens (tertiary/aromatic N) is 2. The number of aryl methyl sites for hydroxylation is 1. The highest BCUT2D eigenvalue weighted by Crippen LogP contribution is 2.21. The topological polar surface area (TPSA) is 44.1 Å². The number of rotatable bonds is 4. The summed E-state index contributed by atoms with van der Waals surface area (Å²) in [6.07, 6.45) is 4.18. The maximum atomic E-state index is 11.9. The Morgan fingerprint density at radius 1 is 1.19 bits per heavy atom. The van der Waals surface area contributed by atoms with Gasteiger partial charge in [-0.15, -0.1) is 0 Å². The van der Waals surface area contributed by atoms with Gasteiger partial charge in [0.15, 0.2) is 5.65 Å². The van der Waals surface area contributed by atoms with Gasteiger partial charge >= 0.3 is 5.97 Å². The van der Waals surface area contributed by atoms with E-state index in [0.717, 1.165) is 10.9 Å². The summed E-state index contributed by atoms with van der Waals surface area (Å²) in [5.74, 6) is -0.307. The Morgan fingerprint density at radius 2 is 2.00 bits per heavy atom. The average molecular weight is 301 g/mol. The molecule has 0 saturated heterocycles. The lowest BCUT2D eigenvalue weighted by Gasteiger charge is -2.05. The summed E-state index contributed by atoms with van der Waals surface area (Å²) in [6.45, 7) is 0. The third-order valence-corrected chi connectivity index (χ3v) is 3.49. The van der Waals surface area contributed by atoms with Crippen molar-refractivity contribution in [3.8, 4) is 0 Å². The minimum atomic E-state index is -0.307. The van der Waals surface area contributed by atoms with Gasteiger partial charge in [-0.2, -0.15) is 4.73 Å². The van der Waals surface area contributed by atoms with Gasteiger partial charge in [-0.05, 0) is 24.1 Å². The Labute approximate surface area is 126 Å². The van der Waals surface area contributed by atoms with E-state index in [9.17, 15) is 4.79 Å². The van der Waals surface area contributed by atoms with E-state index < -0.39 is 0 Å². The maximum Gasteiger partial charge on any atom is 0.333 e. The lowest BCUT2D eigenvalue weighted by Crippen LogP contribution is -2.19. The summed E-state index contributed by atoms with van der Waals surface area (Å²) < 4.78 is 1.36. The molecule has 2 aromatic heterocycles. The maximum absolute atomic E-state index is 11.9. The number of hydrogen-bond acceptors (Lipinski definition) is 3. The quantitative estimate of drug-likeness (QED) is 0.743. The van der Waals surface area contributed by atoms with Gasteiger partial charge in [0.1, 0.15) is 0 Å².